The molecule has 0 saturated heterocycles. The van der Waals surface area contributed by atoms with Gasteiger partial charge in [0.15, 0.2) is 0 Å². The van der Waals surface area contributed by atoms with Crippen LogP contribution in [0.25, 0.3) is 5.69 Å². The van der Waals surface area contributed by atoms with E-state index in [9.17, 15) is 4.79 Å². The maximum absolute atomic E-state index is 12.9. The topological polar surface area (TPSA) is 75.9 Å². The first kappa shape index (κ1) is 17.4. The molecule has 4 aromatic rings. The van der Waals surface area contributed by atoms with E-state index in [1.54, 1.807) is 28.2 Å². The second-order valence-electron chi connectivity index (χ2n) is 6.03. The minimum Gasteiger partial charge on any atom is -0.332 e. The first-order valence-electron chi connectivity index (χ1n) is 8.81. The molecule has 28 heavy (non-hydrogen) atoms. The Bertz CT molecular complexity index is 995. The first-order valence-corrected chi connectivity index (χ1v) is 8.81. The molecule has 2 aromatic heterocycles. The Hall–Kier alpha value is -4.00. The molecule has 4 rings (SSSR count). The van der Waals surface area contributed by atoms with E-state index in [2.05, 4.69) is 20.6 Å². The third kappa shape index (κ3) is 3.88. The van der Waals surface area contributed by atoms with E-state index in [0.29, 0.717) is 5.69 Å². The largest absolute Gasteiger partial charge is 0.332 e. The monoisotopic (exact) mass is 370 g/mol. The first-order chi connectivity index (χ1) is 13.8. The van der Waals surface area contributed by atoms with Gasteiger partial charge in [-0.05, 0) is 36.4 Å². The molecule has 1 N–H and O–H groups in total. The van der Waals surface area contributed by atoms with Crippen LogP contribution in [0.5, 0.6) is 0 Å². The number of anilines is 2. The molecular formula is C21H18N6O. The predicted molar refractivity (Wildman–Crippen MR) is 106 cm³/mol. The number of pyridine rings is 1. The average Bonchev–Trinajstić information content (AvgIpc) is 3.24. The molecular weight excluding hydrogens is 352 g/mol. The van der Waals surface area contributed by atoms with Gasteiger partial charge in [0.1, 0.15) is 5.69 Å². The van der Waals surface area contributed by atoms with Crippen molar-refractivity contribution in [3.63, 3.8) is 0 Å². The number of nitrogens with one attached hydrogen (secondary N) is 1. The van der Waals surface area contributed by atoms with Gasteiger partial charge in [-0.25, -0.2) is 9.48 Å². The van der Waals surface area contributed by atoms with Gasteiger partial charge < -0.3 is 5.32 Å². The second kappa shape index (κ2) is 8.13. The molecule has 0 bridgehead atoms. The van der Waals surface area contributed by atoms with Gasteiger partial charge in [0, 0.05) is 12.4 Å². The lowest BCUT2D eigenvalue weighted by atomic mass is 10.2. The van der Waals surface area contributed by atoms with E-state index >= 15 is 0 Å². The molecule has 0 radical (unpaired) electrons. The van der Waals surface area contributed by atoms with E-state index in [-0.39, 0.29) is 12.6 Å². The Balaban J connectivity index is 1.50. The van der Waals surface area contributed by atoms with Gasteiger partial charge in [-0.15, -0.1) is 5.10 Å². The van der Waals surface area contributed by atoms with Crippen molar-refractivity contribution < 1.29 is 4.79 Å². The van der Waals surface area contributed by atoms with E-state index in [4.69, 9.17) is 0 Å². The Labute approximate surface area is 162 Å². The fourth-order valence-corrected chi connectivity index (χ4v) is 2.79. The Kier molecular flexibility index (Phi) is 5.06. The van der Waals surface area contributed by atoms with Crippen molar-refractivity contribution in [2.75, 3.05) is 4.90 Å². The van der Waals surface area contributed by atoms with Crippen LogP contribution < -0.4 is 10.2 Å². The number of urea groups is 1. The highest BCUT2D eigenvalue weighted by Gasteiger charge is 2.17. The van der Waals surface area contributed by atoms with E-state index in [1.165, 1.54) is 0 Å². The van der Waals surface area contributed by atoms with Crippen molar-refractivity contribution in [2.24, 2.45) is 0 Å². The summed E-state index contributed by atoms with van der Waals surface area (Å²) >= 11 is 0. The number of hydrogen-bond donors (Lipinski definition) is 1. The number of nitrogens with zero attached hydrogens (tertiary/aromatic N) is 5. The van der Waals surface area contributed by atoms with Gasteiger partial charge in [-0.1, -0.05) is 41.6 Å². The van der Waals surface area contributed by atoms with Crippen LogP contribution in [0.3, 0.4) is 0 Å². The molecule has 2 amide bonds. The number of carbonyl (C=O) groups is 1. The summed E-state index contributed by atoms with van der Waals surface area (Å²) in [6.07, 6.45) is 5.16. The zero-order valence-corrected chi connectivity index (χ0v) is 15.0. The third-order valence-electron chi connectivity index (χ3n) is 4.12. The van der Waals surface area contributed by atoms with Crippen molar-refractivity contribution in [1.29, 1.82) is 0 Å². The van der Waals surface area contributed by atoms with E-state index < -0.39 is 0 Å². The van der Waals surface area contributed by atoms with Crippen molar-refractivity contribution in [3.8, 4) is 5.69 Å². The number of rotatable bonds is 5. The molecule has 2 aromatic carbocycles. The molecule has 0 fully saturated rings. The number of carbonyl (C=O) groups excluding carboxylic acids is 1. The third-order valence-corrected chi connectivity index (χ3v) is 4.12. The smallest absolute Gasteiger partial charge is 0.326 e. The molecule has 138 valence electrons. The lowest BCUT2D eigenvalue weighted by Crippen LogP contribution is -2.36. The SMILES string of the molecule is O=C(NCc1cn(-c2ccncc2)nn1)N(c1ccccc1)c1ccccc1. The number of para-hydroxylation sites is 2. The molecule has 7 heteroatoms. The molecule has 0 atom stereocenters. The van der Waals surface area contributed by atoms with E-state index in [1.807, 2.05) is 72.8 Å². The normalized spacial score (nSPS) is 10.4. The summed E-state index contributed by atoms with van der Waals surface area (Å²) in [5, 5.41) is 11.1. The van der Waals surface area contributed by atoms with Crippen molar-refractivity contribution >= 4 is 17.4 Å². The summed E-state index contributed by atoms with van der Waals surface area (Å²) in [5.41, 5.74) is 3.08. The van der Waals surface area contributed by atoms with Crippen molar-refractivity contribution in [2.45, 2.75) is 6.54 Å². The highest BCUT2D eigenvalue weighted by atomic mass is 16.2. The Morgan fingerprint density at radius 1 is 0.893 bits per heavy atom. The van der Waals surface area contributed by atoms with Crippen LogP contribution in [0.1, 0.15) is 5.69 Å². The van der Waals surface area contributed by atoms with Crippen molar-refractivity contribution in [1.82, 2.24) is 25.3 Å². The van der Waals surface area contributed by atoms with Crippen molar-refractivity contribution in [3.05, 3.63) is 97.1 Å². The molecule has 0 unspecified atom stereocenters. The van der Waals surface area contributed by atoms with Gasteiger partial charge in [0.05, 0.1) is 29.8 Å². The molecule has 0 aliphatic heterocycles. The Morgan fingerprint density at radius 3 is 2.11 bits per heavy atom. The number of hydrogen-bond acceptors (Lipinski definition) is 4. The summed E-state index contributed by atoms with van der Waals surface area (Å²) in [7, 11) is 0. The van der Waals surface area contributed by atoms with Crippen LogP contribution >= 0.6 is 0 Å². The van der Waals surface area contributed by atoms with Gasteiger partial charge in [0.2, 0.25) is 0 Å². The molecule has 0 aliphatic carbocycles. The van der Waals surface area contributed by atoms with Crippen LogP contribution in [0.2, 0.25) is 0 Å². The fraction of sp³-hybridized carbons (Fsp3) is 0.0476. The summed E-state index contributed by atoms with van der Waals surface area (Å²) in [5.74, 6) is 0. The fourth-order valence-electron chi connectivity index (χ4n) is 2.79. The summed E-state index contributed by atoms with van der Waals surface area (Å²) in [6, 6.07) is 22.5. The molecule has 7 nitrogen and oxygen atoms in total. The number of benzene rings is 2. The van der Waals surface area contributed by atoms with Gasteiger partial charge >= 0.3 is 6.03 Å². The van der Waals surface area contributed by atoms with Crippen LogP contribution in [0, 0.1) is 0 Å². The zero-order chi connectivity index (χ0) is 19.2. The molecule has 0 aliphatic rings. The van der Waals surface area contributed by atoms with Crippen LogP contribution in [-0.4, -0.2) is 26.0 Å². The highest BCUT2D eigenvalue weighted by molar-refractivity contribution is 5.99. The van der Waals surface area contributed by atoms with Gasteiger partial charge in [0.25, 0.3) is 0 Å². The minimum atomic E-state index is -0.240. The quantitative estimate of drug-likeness (QED) is 0.581. The lowest BCUT2D eigenvalue weighted by Gasteiger charge is -2.23. The minimum absolute atomic E-state index is 0.240. The maximum atomic E-state index is 12.9. The molecule has 2 heterocycles. The second-order valence-corrected chi connectivity index (χ2v) is 6.03. The summed E-state index contributed by atoms with van der Waals surface area (Å²) in [6.45, 7) is 0.264. The Morgan fingerprint density at radius 2 is 1.50 bits per heavy atom. The molecule has 0 spiro atoms. The van der Waals surface area contributed by atoms with Gasteiger partial charge in [-0.3, -0.25) is 9.88 Å². The highest BCUT2D eigenvalue weighted by Crippen LogP contribution is 2.24. The zero-order valence-electron chi connectivity index (χ0n) is 15.0. The van der Waals surface area contributed by atoms with Crippen LogP contribution in [0.15, 0.2) is 91.4 Å². The van der Waals surface area contributed by atoms with E-state index in [0.717, 1.165) is 17.1 Å². The summed E-state index contributed by atoms with van der Waals surface area (Å²) in [4.78, 5) is 18.6. The number of aromatic nitrogens is 4. The van der Waals surface area contributed by atoms with Crippen LogP contribution in [0.4, 0.5) is 16.2 Å². The predicted octanol–water partition coefficient (Wildman–Crippen LogP) is 3.71. The van der Waals surface area contributed by atoms with Gasteiger partial charge in [-0.2, -0.15) is 0 Å². The average molecular weight is 370 g/mol. The number of amides is 2. The standard InChI is InChI=1S/C21H18N6O/c28-21(23-15-17-16-26(25-24-17)18-11-13-22-14-12-18)27(19-7-3-1-4-8-19)20-9-5-2-6-10-20/h1-14,16H,15H2,(H,23,28). The van der Waals surface area contributed by atoms with Crippen LogP contribution in [-0.2, 0) is 6.54 Å². The summed E-state index contributed by atoms with van der Waals surface area (Å²) < 4.78 is 1.65. The lowest BCUT2D eigenvalue weighted by molar-refractivity contribution is 0.248. The maximum Gasteiger partial charge on any atom is 0.326 e. The molecule has 0 saturated carbocycles.